The zero-order chi connectivity index (χ0) is 15.7. The molecule has 3 rings (SSSR count). The molecule has 4 heteroatoms. The number of carbonyl (C=O) groups excluding carboxylic acids is 1. The second kappa shape index (κ2) is 6.31. The predicted molar refractivity (Wildman–Crippen MR) is 90.5 cm³/mol. The molecule has 1 aliphatic rings. The average molecular weight is 334 g/mol. The van der Waals surface area contributed by atoms with Crippen LogP contribution in [0.25, 0.3) is 0 Å². The van der Waals surface area contributed by atoms with Crippen molar-refractivity contribution in [3.05, 3.63) is 69.2 Å². The SMILES string of the molecule is CN(C=O)C1CCC(c2ccc(Cl)c(Cl)c2)c2ccccc21. The molecule has 0 spiro atoms. The Labute approximate surface area is 140 Å². The lowest BCUT2D eigenvalue weighted by atomic mass is 9.76. The summed E-state index contributed by atoms with van der Waals surface area (Å²) < 4.78 is 0. The number of halogens is 2. The van der Waals surface area contributed by atoms with E-state index < -0.39 is 0 Å². The minimum atomic E-state index is 0.146. The molecule has 1 aliphatic carbocycles. The quantitative estimate of drug-likeness (QED) is 0.720. The predicted octanol–water partition coefficient (Wildman–Crippen LogP) is 5.05. The van der Waals surface area contributed by atoms with Gasteiger partial charge in [0.15, 0.2) is 0 Å². The van der Waals surface area contributed by atoms with Gasteiger partial charge in [-0.15, -0.1) is 0 Å². The average Bonchev–Trinajstić information content (AvgIpc) is 2.55. The maximum Gasteiger partial charge on any atom is 0.209 e. The van der Waals surface area contributed by atoms with E-state index in [1.54, 1.807) is 4.90 Å². The number of nitrogens with zero attached hydrogens (tertiary/aromatic N) is 1. The van der Waals surface area contributed by atoms with Crippen molar-refractivity contribution in [3.8, 4) is 0 Å². The van der Waals surface area contributed by atoms with Crippen molar-refractivity contribution in [2.45, 2.75) is 24.8 Å². The first-order chi connectivity index (χ1) is 10.6. The van der Waals surface area contributed by atoms with Crippen LogP contribution in [0.15, 0.2) is 42.5 Å². The molecule has 22 heavy (non-hydrogen) atoms. The van der Waals surface area contributed by atoms with E-state index in [0.29, 0.717) is 16.0 Å². The van der Waals surface area contributed by atoms with Gasteiger partial charge in [-0.25, -0.2) is 0 Å². The second-order valence-corrected chi connectivity index (χ2v) is 6.53. The van der Waals surface area contributed by atoms with E-state index in [2.05, 4.69) is 12.1 Å². The van der Waals surface area contributed by atoms with Crippen molar-refractivity contribution < 1.29 is 4.79 Å². The van der Waals surface area contributed by atoms with E-state index in [-0.39, 0.29) is 6.04 Å². The Kier molecular flexibility index (Phi) is 4.42. The van der Waals surface area contributed by atoms with Gasteiger partial charge in [-0.1, -0.05) is 53.5 Å². The van der Waals surface area contributed by atoms with Crippen molar-refractivity contribution in [3.63, 3.8) is 0 Å². The number of carbonyl (C=O) groups is 1. The highest BCUT2D eigenvalue weighted by atomic mass is 35.5. The number of hydrogen-bond donors (Lipinski definition) is 0. The highest BCUT2D eigenvalue weighted by Crippen LogP contribution is 2.43. The topological polar surface area (TPSA) is 20.3 Å². The van der Waals surface area contributed by atoms with Crippen LogP contribution < -0.4 is 0 Å². The fourth-order valence-corrected chi connectivity index (χ4v) is 3.65. The standard InChI is InChI=1S/C18H17Cl2NO/c1-21(11-22)18-9-7-13(14-4-2-3-5-15(14)18)12-6-8-16(19)17(20)10-12/h2-6,8,10-11,13,18H,7,9H2,1H3. The van der Waals surface area contributed by atoms with Gasteiger partial charge in [0.25, 0.3) is 0 Å². The van der Waals surface area contributed by atoms with Gasteiger partial charge >= 0.3 is 0 Å². The third kappa shape index (κ3) is 2.73. The van der Waals surface area contributed by atoms with E-state index in [1.807, 2.05) is 37.4 Å². The normalized spacial score (nSPS) is 20.3. The number of benzene rings is 2. The number of fused-ring (bicyclic) bond motifs is 1. The molecular formula is C18H17Cl2NO. The second-order valence-electron chi connectivity index (χ2n) is 5.72. The number of amides is 1. The summed E-state index contributed by atoms with van der Waals surface area (Å²) in [5.41, 5.74) is 3.67. The molecule has 2 nitrogen and oxygen atoms in total. The van der Waals surface area contributed by atoms with Gasteiger partial charge in [0.1, 0.15) is 0 Å². The summed E-state index contributed by atoms with van der Waals surface area (Å²) in [4.78, 5) is 12.9. The molecule has 2 unspecified atom stereocenters. The summed E-state index contributed by atoms with van der Waals surface area (Å²) in [5.74, 6) is 0.294. The van der Waals surface area contributed by atoms with Crippen molar-refractivity contribution in [1.82, 2.24) is 4.90 Å². The molecule has 0 heterocycles. The van der Waals surface area contributed by atoms with E-state index in [4.69, 9.17) is 23.2 Å². The summed E-state index contributed by atoms with van der Waals surface area (Å²) in [6, 6.07) is 14.3. The zero-order valence-corrected chi connectivity index (χ0v) is 13.8. The van der Waals surface area contributed by atoms with Gasteiger partial charge in [-0.2, -0.15) is 0 Å². The van der Waals surface area contributed by atoms with E-state index in [1.165, 1.54) is 16.7 Å². The number of rotatable bonds is 3. The molecular weight excluding hydrogens is 317 g/mol. The van der Waals surface area contributed by atoms with Gasteiger partial charge in [-0.05, 0) is 41.7 Å². The summed E-state index contributed by atoms with van der Waals surface area (Å²) in [6.07, 6.45) is 2.83. The Morgan fingerprint density at radius 2 is 1.77 bits per heavy atom. The largest absolute Gasteiger partial charge is 0.341 e. The van der Waals surface area contributed by atoms with Crippen molar-refractivity contribution in [2.75, 3.05) is 7.05 Å². The molecule has 2 aromatic carbocycles. The first-order valence-corrected chi connectivity index (χ1v) is 8.08. The highest BCUT2D eigenvalue weighted by molar-refractivity contribution is 6.42. The zero-order valence-electron chi connectivity index (χ0n) is 12.3. The van der Waals surface area contributed by atoms with Crippen LogP contribution in [-0.2, 0) is 4.79 Å². The number of hydrogen-bond acceptors (Lipinski definition) is 1. The molecule has 0 saturated heterocycles. The summed E-state index contributed by atoms with van der Waals surface area (Å²) in [5, 5.41) is 1.16. The van der Waals surface area contributed by atoms with E-state index >= 15 is 0 Å². The lowest BCUT2D eigenvalue weighted by Gasteiger charge is -2.35. The fourth-order valence-electron chi connectivity index (χ4n) is 3.34. The van der Waals surface area contributed by atoms with Crippen LogP contribution in [0.3, 0.4) is 0 Å². The molecule has 0 saturated carbocycles. The minimum Gasteiger partial charge on any atom is -0.341 e. The monoisotopic (exact) mass is 333 g/mol. The Morgan fingerprint density at radius 1 is 1.05 bits per heavy atom. The smallest absolute Gasteiger partial charge is 0.209 e. The van der Waals surface area contributed by atoms with Crippen LogP contribution in [0.4, 0.5) is 0 Å². The first kappa shape index (κ1) is 15.4. The van der Waals surface area contributed by atoms with Crippen molar-refractivity contribution >= 4 is 29.6 Å². The molecule has 2 aromatic rings. The lowest BCUT2D eigenvalue weighted by Crippen LogP contribution is -2.28. The molecule has 0 fully saturated rings. The molecule has 1 amide bonds. The molecule has 0 aromatic heterocycles. The third-order valence-electron chi connectivity index (χ3n) is 4.46. The van der Waals surface area contributed by atoms with Gasteiger partial charge in [0.2, 0.25) is 6.41 Å². The van der Waals surface area contributed by atoms with Crippen LogP contribution in [0.5, 0.6) is 0 Å². The molecule has 114 valence electrons. The molecule has 0 aliphatic heterocycles. The third-order valence-corrected chi connectivity index (χ3v) is 5.20. The van der Waals surface area contributed by atoms with Gasteiger partial charge in [-0.3, -0.25) is 4.79 Å². The van der Waals surface area contributed by atoms with Gasteiger partial charge in [0.05, 0.1) is 16.1 Å². The van der Waals surface area contributed by atoms with Crippen LogP contribution in [0.2, 0.25) is 10.0 Å². The molecule has 2 atom stereocenters. The van der Waals surface area contributed by atoms with Gasteiger partial charge < -0.3 is 4.90 Å². The summed E-state index contributed by atoms with van der Waals surface area (Å²) >= 11 is 12.2. The van der Waals surface area contributed by atoms with Crippen LogP contribution in [0.1, 0.15) is 41.5 Å². The summed E-state index contributed by atoms with van der Waals surface area (Å²) in [6.45, 7) is 0. The summed E-state index contributed by atoms with van der Waals surface area (Å²) in [7, 11) is 1.84. The Balaban J connectivity index is 2.04. The highest BCUT2D eigenvalue weighted by Gasteiger charge is 2.29. The lowest BCUT2D eigenvalue weighted by molar-refractivity contribution is -0.119. The van der Waals surface area contributed by atoms with Crippen LogP contribution >= 0.6 is 23.2 Å². The van der Waals surface area contributed by atoms with Crippen LogP contribution in [-0.4, -0.2) is 18.4 Å². The maximum atomic E-state index is 11.1. The molecule has 0 N–H and O–H groups in total. The van der Waals surface area contributed by atoms with Crippen molar-refractivity contribution in [2.24, 2.45) is 0 Å². The minimum absolute atomic E-state index is 0.146. The van der Waals surface area contributed by atoms with E-state index in [9.17, 15) is 4.79 Å². The van der Waals surface area contributed by atoms with Crippen LogP contribution in [0, 0.1) is 0 Å². The maximum absolute atomic E-state index is 11.1. The Bertz CT molecular complexity index is 701. The van der Waals surface area contributed by atoms with Gasteiger partial charge in [0, 0.05) is 13.0 Å². The Hall–Kier alpha value is -1.51. The fraction of sp³-hybridized carbons (Fsp3) is 0.278. The molecule has 0 bridgehead atoms. The van der Waals surface area contributed by atoms with E-state index in [0.717, 1.165) is 19.3 Å². The first-order valence-electron chi connectivity index (χ1n) is 7.33. The molecule has 0 radical (unpaired) electrons. The Morgan fingerprint density at radius 3 is 2.45 bits per heavy atom. The van der Waals surface area contributed by atoms with Crippen molar-refractivity contribution in [1.29, 1.82) is 0 Å².